The number of aromatic nitrogens is 1. The van der Waals surface area contributed by atoms with Gasteiger partial charge in [0.25, 0.3) is 0 Å². The summed E-state index contributed by atoms with van der Waals surface area (Å²) in [7, 11) is 2.09. The van der Waals surface area contributed by atoms with Crippen molar-refractivity contribution < 1.29 is 0 Å². The van der Waals surface area contributed by atoms with Crippen molar-refractivity contribution in [1.29, 1.82) is 0 Å². The number of likely N-dealkylation sites (N-methyl/N-ethyl adjacent to an activating group) is 1. The summed E-state index contributed by atoms with van der Waals surface area (Å²) in [5, 5.41) is 0. The minimum absolute atomic E-state index is 0.129. The van der Waals surface area contributed by atoms with Crippen LogP contribution in [0.1, 0.15) is 18.2 Å². The third kappa shape index (κ3) is 2.52. The summed E-state index contributed by atoms with van der Waals surface area (Å²) in [5.41, 5.74) is 3.52. The molecule has 1 aromatic carbocycles. The second-order valence-corrected chi connectivity index (χ2v) is 6.22. The van der Waals surface area contributed by atoms with Gasteiger partial charge < -0.3 is 9.83 Å². The number of likely N-dealkylation sites (tertiary alicyclic amines) is 1. The molecule has 3 rings (SSSR count). The quantitative estimate of drug-likeness (QED) is 0.823. The van der Waals surface area contributed by atoms with Crippen LogP contribution in [0.25, 0.3) is 16.1 Å². The van der Waals surface area contributed by atoms with E-state index in [0.29, 0.717) is 6.04 Å². The molecule has 2 aromatic rings. The molecule has 3 nitrogen and oxygen atoms in total. The fourth-order valence-corrected chi connectivity index (χ4v) is 3.10. The molecular weight excluding hydrogens is 314 g/mol. The first kappa shape index (κ1) is 13.4. The lowest BCUT2D eigenvalue weighted by atomic mass is 10.1. The first-order chi connectivity index (χ1) is 9.67. The van der Waals surface area contributed by atoms with Crippen molar-refractivity contribution in [3.05, 3.63) is 58.0 Å². The molecule has 0 saturated carbocycles. The minimum atomic E-state index is 0.129. The molecule has 2 heterocycles. The smallest absolute Gasteiger partial charge is 0.238 e. The van der Waals surface area contributed by atoms with Crippen molar-refractivity contribution in [2.24, 2.45) is 0 Å². The normalized spacial score (nSPS) is 22.9. The zero-order chi connectivity index (χ0) is 14.1. The van der Waals surface area contributed by atoms with Gasteiger partial charge in [-0.05, 0) is 36.9 Å². The topological polar surface area (TPSA) is 23.4 Å². The zero-order valence-electron chi connectivity index (χ0n) is 11.3. The van der Waals surface area contributed by atoms with Crippen LogP contribution >= 0.6 is 15.9 Å². The molecular formula is C16H16BrN3. The lowest BCUT2D eigenvalue weighted by Crippen LogP contribution is -2.18. The van der Waals surface area contributed by atoms with Crippen molar-refractivity contribution in [1.82, 2.24) is 9.88 Å². The predicted molar refractivity (Wildman–Crippen MR) is 84.3 cm³/mol. The zero-order valence-corrected chi connectivity index (χ0v) is 12.9. The van der Waals surface area contributed by atoms with E-state index < -0.39 is 0 Å². The SMILES string of the molecule is [C-]#[N+][C@H]1CC(c2ccc(-c3ccc(Br)cc3)[nH]2)N(C)C1. The van der Waals surface area contributed by atoms with E-state index in [0.717, 1.165) is 23.1 Å². The summed E-state index contributed by atoms with van der Waals surface area (Å²) in [6, 6.07) is 13.0. The molecule has 4 heteroatoms. The maximum atomic E-state index is 7.19. The largest absolute Gasteiger partial charge is 0.357 e. The minimum Gasteiger partial charge on any atom is -0.357 e. The predicted octanol–water partition coefficient (Wildman–Crippen LogP) is 4.11. The van der Waals surface area contributed by atoms with Gasteiger partial charge in [-0.1, -0.05) is 28.1 Å². The summed E-state index contributed by atoms with van der Waals surface area (Å²) in [6.07, 6.45) is 0.917. The lowest BCUT2D eigenvalue weighted by molar-refractivity contribution is 0.312. The molecule has 102 valence electrons. The molecule has 1 unspecified atom stereocenters. The summed E-state index contributed by atoms with van der Waals surface area (Å²) in [5.74, 6) is 0. The van der Waals surface area contributed by atoms with Crippen LogP contribution in [0.4, 0.5) is 0 Å². The molecule has 1 saturated heterocycles. The molecule has 0 aliphatic carbocycles. The number of nitrogens with zero attached hydrogens (tertiary/aromatic N) is 2. The van der Waals surface area contributed by atoms with Gasteiger partial charge in [-0.2, -0.15) is 0 Å². The Bertz CT molecular complexity index is 638. The Labute approximate surface area is 127 Å². The Balaban J connectivity index is 1.84. The molecule has 2 atom stereocenters. The van der Waals surface area contributed by atoms with Gasteiger partial charge in [-0.15, -0.1) is 0 Å². The number of hydrogen-bond donors (Lipinski definition) is 1. The summed E-state index contributed by atoms with van der Waals surface area (Å²) in [4.78, 5) is 9.45. The fourth-order valence-electron chi connectivity index (χ4n) is 2.83. The summed E-state index contributed by atoms with van der Waals surface area (Å²) < 4.78 is 1.09. The van der Waals surface area contributed by atoms with Gasteiger partial charge in [-0.3, -0.25) is 4.90 Å². The third-order valence-corrected chi connectivity index (χ3v) is 4.46. The van der Waals surface area contributed by atoms with Gasteiger partial charge in [0.1, 0.15) is 0 Å². The average molecular weight is 330 g/mol. The molecule has 20 heavy (non-hydrogen) atoms. The van der Waals surface area contributed by atoms with Crippen molar-refractivity contribution in [2.75, 3.05) is 13.6 Å². The van der Waals surface area contributed by atoms with Crippen molar-refractivity contribution in [3.63, 3.8) is 0 Å². The molecule has 0 amide bonds. The lowest BCUT2D eigenvalue weighted by Gasteiger charge is -2.16. The number of H-pyrrole nitrogens is 1. The van der Waals surface area contributed by atoms with Gasteiger partial charge in [0.2, 0.25) is 6.04 Å². The van der Waals surface area contributed by atoms with Crippen LogP contribution in [-0.2, 0) is 0 Å². The van der Waals surface area contributed by atoms with E-state index in [9.17, 15) is 0 Å². The Kier molecular flexibility index (Phi) is 3.64. The van der Waals surface area contributed by atoms with E-state index >= 15 is 0 Å². The Hall–Kier alpha value is -1.57. The molecule has 0 bridgehead atoms. The van der Waals surface area contributed by atoms with Crippen molar-refractivity contribution >= 4 is 15.9 Å². The van der Waals surface area contributed by atoms with Crippen LogP contribution in [0.3, 0.4) is 0 Å². The second kappa shape index (κ2) is 5.43. The monoisotopic (exact) mass is 329 g/mol. The highest BCUT2D eigenvalue weighted by Crippen LogP contribution is 2.33. The summed E-state index contributed by atoms with van der Waals surface area (Å²) >= 11 is 3.45. The van der Waals surface area contributed by atoms with Gasteiger partial charge in [-0.25, -0.2) is 6.57 Å². The van der Waals surface area contributed by atoms with Crippen LogP contribution < -0.4 is 0 Å². The summed E-state index contributed by atoms with van der Waals surface area (Å²) in [6.45, 7) is 8.05. The Morgan fingerprint density at radius 1 is 1.25 bits per heavy atom. The number of nitrogens with one attached hydrogen (secondary N) is 1. The molecule has 1 fully saturated rings. The van der Waals surface area contributed by atoms with Gasteiger partial charge in [0.05, 0.1) is 12.6 Å². The van der Waals surface area contributed by atoms with Crippen LogP contribution in [0.15, 0.2) is 40.9 Å². The van der Waals surface area contributed by atoms with E-state index in [4.69, 9.17) is 6.57 Å². The van der Waals surface area contributed by atoms with E-state index in [1.807, 2.05) is 12.1 Å². The first-order valence-electron chi connectivity index (χ1n) is 6.69. The van der Waals surface area contributed by atoms with Gasteiger partial charge in [0.15, 0.2) is 0 Å². The fraction of sp³-hybridized carbons (Fsp3) is 0.312. The maximum Gasteiger partial charge on any atom is 0.238 e. The third-order valence-electron chi connectivity index (χ3n) is 3.93. The molecule has 1 aromatic heterocycles. The van der Waals surface area contributed by atoms with E-state index in [2.05, 4.69) is 62.0 Å². The molecule has 0 spiro atoms. The number of hydrogen-bond acceptors (Lipinski definition) is 1. The van der Waals surface area contributed by atoms with E-state index in [-0.39, 0.29) is 6.04 Å². The maximum absolute atomic E-state index is 7.19. The highest BCUT2D eigenvalue weighted by atomic mass is 79.9. The molecule has 1 aliphatic heterocycles. The van der Waals surface area contributed by atoms with Crippen molar-refractivity contribution in [3.8, 4) is 11.3 Å². The Morgan fingerprint density at radius 2 is 2.00 bits per heavy atom. The highest BCUT2D eigenvalue weighted by Gasteiger charge is 2.34. The van der Waals surface area contributed by atoms with Crippen molar-refractivity contribution in [2.45, 2.75) is 18.5 Å². The number of benzene rings is 1. The van der Waals surface area contributed by atoms with E-state index in [1.54, 1.807) is 0 Å². The number of halogens is 1. The highest BCUT2D eigenvalue weighted by molar-refractivity contribution is 9.10. The van der Waals surface area contributed by atoms with Crippen LogP contribution in [0.5, 0.6) is 0 Å². The molecule has 0 radical (unpaired) electrons. The second-order valence-electron chi connectivity index (χ2n) is 5.31. The van der Waals surface area contributed by atoms with Gasteiger partial charge >= 0.3 is 0 Å². The van der Waals surface area contributed by atoms with Crippen LogP contribution in [0, 0.1) is 6.57 Å². The average Bonchev–Trinajstić information content (AvgIpc) is 3.06. The Morgan fingerprint density at radius 3 is 2.65 bits per heavy atom. The van der Waals surface area contributed by atoms with Crippen LogP contribution in [-0.4, -0.2) is 29.5 Å². The first-order valence-corrected chi connectivity index (χ1v) is 7.48. The van der Waals surface area contributed by atoms with Crippen LogP contribution in [0.2, 0.25) is 0 Å². The number of aromatic amines is 1. The number of rotatable bonds is 2. The molecule has 1 aliphatic rings. The molecule has 1 N–H and O–H groups in total. The van der Waals surface area contributed by atoms with Gasteiger partial charge in [0, 0.05) is 22.3 Å². The standard InChI is InChI=1S/C16H16BrN3/c1-18-13-9-16(20(2)10-13)15-8-7-14(19-15)11-3-5-12(17)6-4-11/h3-8,13,16,19H,9-10H2,2H3/t13-,16?/m0/s1. The van der Waals surface area contributed by atoms with E-state index in [1.165, 1.54) is 11.3 Å².